The third-order valence-corrected chi connectivity index (χ3v) is 8.45. The minimum absolute atomic E-state index is 0.0152. The van der Waals surface area contributed by atoms with Gasteiger partial charge in [-0.05, 0) is 69.2 Å². The van der Waals surface area contributed by atoms with Gasteiger partial charge >= 0.3 is 0 Å². The van der Waals surface area contributed by atoms with Gasteiger partial charge in [-0.2, -0.15) is 0 Å². The van der Waals surface area contributed by atoms with Gasteiger partial charge in [0, 0.05) is 18.7 Å². The SMILES string of the molecule is CC[C@@H](C)NC(=O)[C@@H](C)N(Cc1ccc(F)cc1)C(=O)CN(c1cccc(OC)c1)S(=O)(=O)c1ccc(C)cc1. The number of ether oxygens (including phenoxy) is 1. The zero-order chi connectivity index (χ0) is 29.4. The summed E-state index contributed by atoms with van der Waals surface area (Å²) >= 11 is 0. The van der Waals surface area contributed by atoms with Crippen molar-refractivity contribution < 1.29 is 27.1 Å². The highest BCUT2D eigenvalue weighted by Crippen LogP contribution is 2.28. The Morgan fingerprint density at radius 2 is 1.65 bits per heavy atom. The van der Waals surface area contributed by atoms with Crippen LogP contribution in [0.25, 0.3) is 0 Å². The van der Waals surface area contributed by atoms with E-state index in [0.717, 1.165) is 9.87 Å². The lowest BCUT2D eigenvalue weighted by Crippen LogP contribution is -2.52. The van der Waals surface area contributed by atoms with E-state index in [2.05, 4.69) is 5.32 Å². The summed E-state index contributed by atoms with van der Waals surface area (Å²) in [6.07, 6.45) is 0.697. The average molecular weight is 570 g/mol. The molecule has 0 saturated heterocycles. The molecule has 0 radical (unpaired) electrons. The Balaban J connectivity index is 2.04. The second kappa shape index (κ2) is 13.4. The van der Waals surface area contributed by atoms with Crippen molar-refractivity contribution in [3.63, 3.8) is 0 Å². The van der Waals surface area contributed by atoms with Crippen LogP contribution in [0.3, 0.4) is 0 Å². The van der Waals surface area contributed by atoms with Crippen LogP contribution < -0.4 is 14.4 Å². The fourth-order valence-corrected chi connectivity index (χ4v) is 5.37. The van der Waals surface area contributed by atoms with E-state index in [9.17, 15) is 22.4 Å². The predicted molar refractivity (Wildman–Crippen MR) is 153 cm³/mol. The molecule has 1 N–H and O–H groups in total. The van der Waals surface area contributed by atoms with Gasteiger partial charge in [-0.25, -0.2) is 12.8 Å². The molecule has 0 spiro atoms. The fourth-order valence-electron chi connectivity index (χ4n) is 3.97. The molecule has 3 rings (SSSR count). The highest BCUT2D eigenvalue weighted by Gasteiger charge is 2.33. The van der Waals surface area contributed by atoms with Gasteiger partial charge in [-0.1, -0.05) is 42.8 Å². The van der Waals surface area contributed by atoms with E-state index in [-0.39, 0.29) is 29.1 Å². The van der Waals surface area contributed by atoms with Crippen molar-refractivity contribution in [3.05, 3.63) is 89.7 Å². The van der Waals surface area contributed by atoms with Gasteiger partial charge in [0.1, 0.15) is 24.2 Å². The van der Waals surface area contributed by atoms with Crippen LogP contribution in [0.4, 0.5) is 10.1 Å². The monoisotopic (exact) mass is 569 g/mol. The van der Waals surface area contributed by atoms with E-state index < -0.39 is 34.3 Å². The maximum absolute atomic E-state index is 13.9. The Hall–Kier alpha value is -3.92. The lowest BCUT2D eigenvalue weighted by molar-refractivity contribution is -0.139. The van der Waals surface area contributed by atoms with Crippen molar-refractivity contribution in [1.82, 2.24) is 10.2 Å². The van der Waals surface area contributed by atoms with Gasteiger partial charge in [0.05, 0.1) is 17.7 Å². The standard InChI is InChI=1S/C30H36FN3O5S/c1-6-22(3)32-30(36)23(4)33(19-24-12-14-25(31)15-13-24)29(35)20-34(26-8-7-9-27(18-26)39-5)40(37,38)28-16-10-21(2)11-17-28/h7-18,22-23H,6,19-20H2,1-5H3,(H,32,36)/t22-,23-/m1/s1. The number of methoxy groups -OCH3 is 1. The Morgan fingerprint density at radius 3 is 2.25 bits per heavy atom. The van der Waals surface area contributed by atoms with Crippen molar-refractivity contribution in [2.24, 2.45) is 0 Å². The lowest BCUT2D eigenvalue weighted by Gasteiger charge is -2.32. The van der Waals surface area contributed by atoms with Crippen LogP contribution in [0.15, 0.2) is 77.7 Å². The van der Waals surface area contributed by atoms with E-state index >= 15 is 0 Å². The number of nitrogens with zero attached hydrogens (tertiary/aromatic N) is 2. The molecule has 0 saturated carbocycles. The number of hydrogen-bond acceptors (Lipinski definition) is 5. The molecule has 0 fully saturated rings. The first-order chi connectivity index (χ1) is 19.0. The molecule has 0 bridgehead atoms. The van der Waals surface area contributed by atoms with Gasteiger partial charge in [-0.15, -0.1) is 0 Å². The predicted octanol–water partition coefficient (Wildman–Crippen LogP) is 4.67. The largest absolute Gasteiger partial charge is 0.497 e. The third kappa shape index (κ3) is 7.59. The summed E-state index contributed by atoms with van der Waals surface area (Å²) in [6, 6.07) is 17.3. The van der Waals surface area contributed by atoms with Crippen molar-refractivity contribution in [2.75, 3.05) is 18.0 Å². The van der Waals surface area contributed by atoms with Gasteiger partial charge in [-0.3, -0.25) is 13.9 Å². The number of sulfonamides is 1. The zero-order valence-corrected chi connectivity index (χ0v) is 24.2. The first kappa shape index (κ1) is 30.6. The molecule has 0 heterocycles. The van der Waals surface area contributed by atoms with Crippen molar-refractivity contribution >= 4 is 27.5 Å². The third-order valence-electron chi connectivity index (χ3n) is 6.66. The van der Waals surface area contributed by atoms with E-state index in [1.165, 1.54) is 54.5 Å². The average Bonchev–Trinajstić information content (AvgIpc) is 2.95. The molecular formula is C30H36FN3O5S. The first-order valence-electron chi connectivity index (χ1n) is 13.0. The number of nitrogens with one attached hydrogen (secondary N) is 1. The minimum atomic E-state index is -4.19. The second-order valence-electron chi connectivity index (χ2n) is 9.67. The smallest absolute Gasteiger partial charge is 0.264 e. The number of hydrogen-bond donors (Lipinski definition) is 1. The summed E-state index contributed by atoms with van der Waals surface area (Å²) in [5.74, 6) is -0.995. The Labute approximate surface area is 235 Å². The molecule has 3 aromatic carbocycles. The maximum Gasteiger partial charge on any atom is 0.264 e. The maximum atomic E-state index is 13.9. The number of amides is 2. The Morgan fingerprint density at radius 1 is 1.00 bits per heavy atom. The molecular weight excluding hydrogens is 533 g/mol. The van der Waals surface area contributed by atoms with Crippen molar-refractivity contribution in [2.45, 2.75) is 57.6 Å². The molecule has 3 aromatic rings. The highest BCUT2D eigenvalue weighted by molar-refractivity contribution is 7.92. The summed E-state index contributed by atoms with van der Waals surface area (Å²) in [4.78, 5) is 28.3. The summed E-state index contributed by atoms with van der Waals surface area (Å²) in [7, 11) is -2.73. The molecule has 0 unspecified atom stereocenters. The number of halogens is 1. The molecule has 0 aliphatic carbocycles. The van der Waals surface area contributed by atoms with Crippen LogP contribution in [-0.2, 0) is 26.2 Å². The number of carbonyl (C=O) groups excluding carboxylic acids is 2. The number of carbonyl (C=O) groups is 2. The molecule has 0 aliphatic heterocycles. The van der Waals surface area contributed by atoms with E-state index in [1.54, 1.807) is 37.3 Å². The van der Waals surface area contributed by atoms with E-state index in [1.807, 2.05) is 20.8 Å². The minimum Gasteiger partial charge on any atom is -0.497 e. The summed E-state index contributed by atoms with van der Waals surface area (Å²) in [5, 5.41) is 2.88. The first-order valence-corrected chi connectivity index (χ1v) is 14.5. The van der Waals surface area contributed by atoms with E-state index in [0.29, 0.717) is 17.7 Å². The molecule has 10 heteroatoms. The van der Waals surface area contributed by atoms with Crippen LogP contribution in [0.5, 0.6) is 5.75 Å². The number of rotatable bonds is 12. The molecule has 8 nitrogen and oxygen atoms in total. The molecule has 2 amide bonds. The van der Waals surface area contributed by atoms with Gasteiger partial charge in [0.2, 0.25) is 11.8 Å². The zero-order valence-electron chi connectivity index (χ0n) is 23.4. The normalized spacial score (nSPS) is 12.8. The van der Waals surface area contributed by atoms with Crippen molar-refractivity contribution in [1.29, 1.82) is 0 Å². The Kier molecular flexibility index (Phi) is 10.3. The van der Waals surface area contributed by atoms with Gasteiger partial charge in [0.15, 0.2) is 0 Å². The summed E-state index contributed by atoms with van der Waals surface area (Å²) in [5.41, 5.74) is 1.70. The van der Waals surface area contributed by atoms with E-state index in [4.69, 9.17) is 4.74 Å². The molecule has 40 heavy (non-hydrogen) atoms. The van der Waals surface area contributed by atoms with Crippen molar-refractivity contribution in [3.8, 4) is 5.75 Å². The van der Waals surface area contributed by atoms with Crippen LogP contribution in [-0.4, -0.2) is 50.9 Å². The Bertz CT molecular complexity index is 1410. The summed E-state index contributed by atoms with van der Waals surface area (Å²) < 4.78 is 47.6. The van der Waals surface area contributed by atoms with Crippen LogP contribution in [0.1, 0.15) is 38.3 Å². The highest BCUT2D eigenvalue weighted by atomic mass is 32.2. The van der Waals surface area contributed by atoms with Gasteiger partial charge < -0.3 is 15.0 Å². The fraction of sp³-hybridized carbons (Fsp3) is 0.333. The quantitative estimate of drug-likeness (QED) is 0.342. The number of benzene rings is 3. The molecule has 2 atom stereocenters. The molecule has 0 aliphatic rings. The van der Waals surface area contributed by atoms with Crippen LogP contribution in [0, 0.1) is 12.7 Å². The van der Waals surface area contributed by atoms with Crippen LogP contribution in [0.2, 0.25) is 0 Å². The summed E-state index contributed by atoms with van der Waals surface area (Å²) in [6.45, 7) is 6.62. The number of aryl methyl sites for hydroxylation is 1. The number of anilines is 1. The van der Waals surface area contributed by atoms with Gasteiger partial charge in [0.25, 0.3) is 10.0 Å². The van der Waals surface area contributed by atoms with Crippen LogP contribution >= 0.6 is 0 Å². The molecule has 0 aromatic heterocycles. The second-order valence-corrected chi connectivity index (χ2v) is 11.5. The lowest BCUT2D eigenvalue weighted by atomic mass is 10.1. The molecule has 214 valence electrons. The topological polar surface area (TPSA) is 96.0 Å².